The molecular formula is C34H45N3O5S. The first-order chi connectivity index (χ1) is 19.9. The van der Waals surface area contributed by atoms with E-state index in [9.17, 15) is 18.0 Å². The summed E-state index contributed by atoms with van der Waals surface area (Å²) in [5.41, 5.74) is 5.56. The molecule has 0 atom stereocenters. The molecule has 0 heterocycles. The molecule has 0 radical (unpaired) electrons. The number of carbonyl (C=O) groups excluding carboxylic acids is 2. The van der Waals surface area contributed by atoms with Crippen molar-refractivity contribution < 1.29 is 22.7 Å². The Morgan fingerprint density at radius 2 is 1.44 bits per heavy atom. The summed E-state index contributed by atoms with van der Waals surface area (Å²) in [5.74, 6) is -0.439. The number of hydrogen-bond acceptors (Lipinski definition) is 6. The quantitative estimate of drug-likeness (QED) is 0.256. The Balaban J connectivity index is 1.91. The van der Waals surface area contributed by atoms with Crippen LogP contribution >= 0.6 is 0 Å². The SMILES string of the molecule is CC(C)c1cc(-c2cccc(NC(=O)OC(C)(C)C)c2)cc(C(C)C)c1CC(=O)NS(=O)(=O)c1ccc(CN(C)C)cc1. The van der Waals surface area contributed by atoms with Gasteiger partial charge in [-0.15, -0.1) is 0 Å². The first-order valence-corrected chi connectivity index (χ1v) is 16.0. The number of nitrogens with one attached hydrogen (secondary N) is 2. The Morgan fingerprint density at radius 3 is 1.95 bits per heavy atom. The molecule has 0 unspecified atom stereocenters. The molecule has 0 spiro atoms. The van der Waals surface area contributed by atoms with E-state index in [2.05, 4.69) is 37.7 Å². The Kier molecular flexibility index (Phi) is 10.8. The van der Waals surface area contributed by atoms with Gasteiger partial charge in [0.2, 0.25) is 5.91 Å². The van der Waals surface area contributed by atoms with Gasteiger partial charge in [-0.05, 0) is 104 Å². The second-order valence-electron chi connectivity index (χ2n) is 12.7. The lowest BCUT2D eigenvalue weighted by Gasteiger charge is -2.22. The average Bonchev–Trinajstić information content (AvgIpc) is 2.87. The van der Waals surface area contributed by atoms with Crippen molar-refractivity contribution in [2.24, 2.45) is 0 Å². The zero-order chi connectivity index (χ0) is 32.1. The van der Waals surface area contributed by atoms with E-state index in [4.69, 9.17) is 4.74 Å². The number of hydrogen-bond donors (Lipinski definition) is 2. The number of benzene rings is 3. The predicted molar refractivity (Wildman–Crippen MR) is 173 cm³/mol. The standard InChI is InChI=1S/C34H45N3O5S/c1-22(2)29-18-26(25-11-10-12-27(17-25)35-33(39)42-34(5,6)7)19-30(23(3)4)31(29)20-32(38)36-43(40,41)28-15-13-24(14-16-28)21-37(8)9/h10-19,22-23H,20-21H2,1-9H3,(H,35,39)(H,36,38). The van der Waals surface area contributed by atoms with Crippen LogP contribution in [0.3, 0.4) is 0 Å². The summed E-state index contributed by atoms with van der Waals surface area (Å²) in [6, 6.07) is 18.2. The molecule has 0 bridgehead atoms. The molecular weight excluding hydrogens is 562 g/mol. The van der Waals surface area contributed by atoms with Crippen LogP contribution in [0.25, 0.3) is 11.1 Å². The van der Waals surface area contributed by atoms with Crippen molar-refractivity contribution >= 4 is 27.7 Å². The maximum absolute atomic E-state index is 13.2. The third kappa shape index (κ3) is 9.66. The molecule has 0 aromatic heterocycles. The molecule has 3 aromatic carbocycles. The Labute approximate surface area is 256 Å². The fraction of sp³-hybridized carbons (Fsp3) is 0.412. The van der Waals surface area contributed by atoms with Gasteiger partial charge in [-0.25, -0.2) is 17.9 Å². The van der Waals surface area contributed by atoms with Crippen molar-refractivity contribution in [1.29, 1.82) is 0 Å². The molecule has 2 amide bonds. The largest absolute Gasteiger partial charge is 0.444 e. The van der Waals surface area contributed by atoms with E-state index in [0.29, 0.717) is 12.2 Å². The molecule has 2 N–H and O–H groups in total. The fourth-order valence-electron chi connectivity index (χ4n) is 4.86. The van der Waals surface area contributed by atoms with Crippen LogP contribution in [0.1, 0.15) is 82.6 Å². The van der Waals surface area contributed by atoms with Crippen molar-refractivity contribution in [3.05, 3.63) is 82.9 Å². The minimum atomic E-state index is -4.03. The summed E-state index contributed by atoms with van der Waals surface area (Å²) in [7, 11) is -0.147. The number of nitrogens with zero attached hydrogens (tertiary/aromatic N) is 1. The second kappa shape index (κ2) is 13.7. The van der Waals surface area contributed by atoms with Crippen LogP contribution in [0, 0.1) is 0 Å². The van der Waals surface area contributed by atoms with Crippen molar-refractivity contribution in [1.82, 2.24) is 9.62 Å². The van der Waals surface area contributed by atoms with Crippen molar-refractivity contribution in [2.45, 2.75) is 83.8 Å². The van der Waals surface area contributed by atoms with Crippen LogP contribution in [0.15, 0.2) is 65.6 Å². The van der Waals surface area contributed by atoms with E-state index in [1.807, 2.05) is 70.1 Å². The van der Waals surface area contributed by atoms with Crippen molar-refractivity contribution in [3.8, 4) is 11.1 Å². The van der Waals surface area contributed by atoms with Gasteiger partial charge in [-0.3, -0.25) is 10.1 Å². The van der Waals surface area contributed by atoms with Gasteiger partial charge in [-0.1, -0.05) is 64.1 Å². The molecule has 0 aliphatic rings. The third-order valence-electron chi connectivity index (χ3n) is 6.72. The molecule has 3 rings (SSSR count). The highest BCUT2D eigenvalue weighted by atomic mass is 32.2. The summed E-state index contributed by atoms with van der Waals surface area (Å²) in [6.45, 7) is 14.3. The van der Waals surface area contributed by atoms with Crippen LogP contribution in [0.5, 0.6) is 0 Å². The van der Waals surface area contributed by atoms with Gasteiger partial charge in [0.15, 0.2) is 0 Å². The van der Waals surface area contributed by atoms with Gasteiger partial charge in [-0.2, -0.15) is 0 Å². The lowest BCUT2D eigenvalue weighted by Crippen LogP contribution is -2.32. The topological polar surface area (TPSA) is 105 Å². The highest BCUT2D eigenvalue weighted by molar-refractivity contribution is 7.90. The van der Waals surface area contributed by atoms with E-state index in [0.717, 1.165) is 33.4 Å². The molecule has 0 saturated carbocycles. The minimum Gasteiger partial charge on any atom is -0.444 e. The van der Waals surface area contributed by atoms with Gasteiger partial charge >= 0.3 is 6.09 Å². The Bertz CT molecular complexity index is 1520. The summed E-state index contributed by atoms with van der Waals surface area (Å²) in [6.07, 6.45) is -0.601. The monoisotopic (exact) mass is 607 g/mol. The number of rotatable bonds is 10. The predicted octanol–water partition coefficient (Wildman–Crippen LogP) is 7.06. The Morgan fingerprint density at radius 1 is 0.860 bits per heavy atom. The van der Waals surface area contributed by atoms with E-state index < -0.39 is 27.6 Å². The zero-order valence-electron chi connectivity index (χ0n) is 26.7. The van der Waals surface area contributed by atoms with Crippen LogP contribution in [0.4, 0.5) is 10.5 Å². The first-order valence-electron chi connectivity index (χ1n) is 14.5. The number of carbonyl (C=O) groups is 2. The lowest BCUT2D eigenvalue weighted by molar-refractivity contribution is -0.118. The fourth-order valence-corrected chi connectivity index (χ4v) is 5.85. The van der Waals surface area contributed by atoms with E-state index >= 15 is 0 Å². The highest BCUT2D eigenvalue weighted by Gasteiger charge is 2.23. The van der Waals surface area contributed by atoms with Gasteiger partial charge in [0.1, 0.15) is 5.60 Å². The zero-order valence-corrected chi connectivity index (χ0v) is 27.6. The smallest absolute Gasteiger partial charge is 0.412 e. The van der Waals surface area contributed by atoms with Crippen LogP contribution in [0.2, 0.25) is 0 Å². The molecule has 0 aliphatic carbocycles. The summed E-state index contributed by atoms with van der Waals surface area (Å²) in [4.78, 5) is 27.6. The number of amides is 2. The minimum absolute atomic E-state index is 0.0479. The highest BCUT2D eigenvalue weighted by Crippen LogP contribution is 2.35. The number of ether oxygens (including phenoxy) is 1. The molecule has 0 fully saturated rings. The van der Waals surface area contributed by atoms with Gasteiger partial charge in [0.05, 0.1) is 11.3 Å². The molecule has 8 nitrogen and oxygen atoms in total. The molecule has 0 aliphatic heterocycles. The van der Waals surface area contributed by atoms with E-state index in [1.165, 1.54) is 12.1 Å². The number of sulfonamides is 1. The van der Waals surface area contributed by atoms with Crippen molar-refractivity contribution in [2.75, 3.05) is 19.4 Å². The van der Waals surface area contributed by atoms with E-state index in [-0.39, 0.29) is 23.2 Å². The summed E-state index contributed by atoms with van der Waals surface area (Å²) >= 11 is 0. The number of anilines is 1. The van der Waals surface area contributed by atoms with Gasteiger partial charge < -0.3 is 9.64 Å². The lowest BCUT2D eigenvalue weighted by atomic mass is 9.84. The van der Waals surface area contributed by atoms with E-state index in [1.54, 1.807) is 18.2 Å². The van der Waals surface area contributed by atoms with Gasteiger partial charge in [0.25, 0.3) is 10.0 Å². The summed E-state index contributed by atoms with van der Waals surface area (Å²) in [5, 5.41) is 2.79. The molecule has 43 heavy (non-hydrogen) atoms. The second-order valence-corrected chi connectivity index (χ2v) is 14.4. The van der Waals surface area contributed by atoms with Crippen LogP contribution in [-0.2, 0) is 32.5 Å². The van der Waals surface area contributed by atoms with Crippen molar-refractivity contribution in [3.63, 3.8) is 0 Å². The van der Waals surface area contributed by atoms with Crippen LogP contribution < -0.4 is 10.0 Å². The van der Waals surface area contributed by atoms with Crippen LogP contribution in [-0.4, -0.2) is 45.0 Å². The van der Waals surface area contributed by atoms with Gasteiger partial charge in [0, 0.05) is 12.2 Å². The maximum atomic E-state index is 13.2. The normalized spacial score (nSPS) is 12.1. The summed E-state index contributed by atoms with van der Waals surface area (Å²) < 4.78 is 33.8. The molecule has 0 saturated heterocycles. The molecule has 9 heteroatoms. The third-order valence-corrected chi connectivity index (χ3v) is 8.11. The Hall–Kier alpha value is -3.69. The maximum Gasteiger partial charge on any atom is 0.412 e. The molecule has 232 valence electrons. The first kappa shape index (κ1) is 33.8. The average molecular weight is 608 g/mol. The molecule has 3 aromatic rings.